The van der Waals surface area contributed by atoms with Gasteiger partial charge in [-0.3, -0.25) is 4.79 Å². The van der Waals surface area contributed by atoms with E-state index in [1.165, 1.54) is 12.1 Å². The van der Waals surface area contributed by atoms with Crippen LogP contribution in [0.2, 0.25) is 0 Å². The molecule has 6 heteroatoms. The predicted molar refractivity (Wildman–Crippen MR) is 97.5 cm³/mol. The average Bonchev–Trinajstić information content (AvgIpc) is 3.48. The third-order valence-electron chi connectivity index (χ3n) is 5.49. The van der Waals surface area contributed by atoms with Crippen molar-refractivity contribution in [2.75, 3.05) is 26.7 Å². The summed E-state index contributed by atoms with van der Waals surface area (Å²) in [7, 11) is 1.62. The van der Waals surface area contributed by atoms with Gasteiger partial charge in [0.25, 0.3) is 0 Å². The third-order valence-corrected chi connectivity index (χ3v) is 5.49. The Morgan fingerprint density at radius 3 is 2.78 bits per heavy atom. The van der Waals surface area contributed by atoms with E-state index in [2.05, 4.69) is 5.32 Å². The maximum atomic E-state index is 14.1. The van der Waals surface area contributed by atoms with Crippen LogP contribution >= 0.6 is 0 Å². The van der Waals surface area contributed by atoms with Crippen molar-refractivity contribution >= 4 is 5.91 Å². The lowest BCUT2D eigenvalue weighted by atomic mass is 10.0. The number of rotatable bonds is 4. The van der Waals surface area contributed by atoms with Crippen molar-refractivity contribution in [2.24, 2.45) is 5.92 Å². The zero-order chi connectivity index (χ0) is 19.0. The molecule has 2 aromatic carbocycles. The summed E-state index contributed by atoms with van der Waals surface area (Å²) in [5.74, 6) is -0.816. The summed E-state index contributed by atoms with van der Waals surface area (Å²) in [6, 6.07) is 11.2. The van der Waals surface area contributed by atoms with Gasteiger partial charge in [0, 0.05) is 37.2 Å². The number of hydrogen-bond donors (Lipinski definition) is 1. The van der Waals surface area contributed by atoms with Gasteiger partial charge in [-0.1, -0.05) is 24.3 Å². The van der Waals surface area contributed by atoms with E-state index in [0.717, 1.165) is 23.9 Å². The van der Waals surface area contributed by atoms with Crippen molar-refractivity contribution in [3.8, 4) is 5.75 Å². The van der Waals surface area contributed by atoms with E-state index in [9.17, 15) is 13.6 Å². The first-order valence-electron chi connectivity index (χ1n) is 9.19. The minimum absolute atomic E-state index is 0.0288. The molecule has 1 saturated carbocycles. The number of carbonyl (C=O) groups is 1. The number of amides is 1. The smallest absolute Gasteiger partial charge is 0.226 e. The van der Waals surface area contributed by atoms with Gasteiger partial charge in [0.05, 0.1) is 13.2 Å². The van der Waals surface area contributed by atoms with E-state index >= 15 is 0 Å². The van der Waals surface area contributed by atoms with Crippen LogP contribution in [0.25, 0.3) is 0 Å². The maximum Gasteiger partial charge on any atom is 0.226 e. The molecule has 0 aromatic heterocycles. The van der Waals surface area contributed by atoms with E-state index in [-0.39, 0.29) is 23.8 Å². The van der Waals surface area contributed by atoms with Gasteiger partial charge >= 0.3 is 0 Å². The van der Waals surface area contributed by atoms with Gasteiger partial charge in [-0.15, -0.1) is 0 Å². The van der Waals surface area contributed by atoms with Crippen LogP contribution in [-0.4, -0.2) is 37.6 Å². The largest absolute Gasteiger partial charge is 0.496 e. The van der Waals surface area contributed by atoms with Crippen molar-refractivity contribution in [1.29, 1.82) is 0 Å². The molecule has 2 aromatic rings. The van der Waals surface area contributed by atoms with Crippen molar-refractivity contribution in [1.82, 2.24) is 10.2 Å². The van der Waals surface area contributed by atoms with Crippen LogP contribution in [0, 0.1) is 17.6 Å². The fourth-order valence-corrected chi connectivity index (χ4v) is 4.01. The summed E-state index contributed by atoms with van der Waals surface area (Å²) >= 11 is 0. The van der Waals surface area contributed by atoms with Crippen LogP contribution in [0.5, 0.6) is 5.75 Å². The van der Waals surface area contributed by atoms with Gasteiger partial charge in [0.2, 0.25) is 5.91 Å². The monoisotopic (exact) mass is 372 g/mol. The van der Waals surface area contributed by atoms with E-state index in [0.29, 0.717) is 25.1 Å². The molecule has 27 heavy (non-hydrogen) atoms. The lowest BCUT2D eigenvalue weighted by Gasteiger charge is -2.37. The molecule has 3 unspecified atom stereocenters. The number of nitrogens with zero attached hydrogens (tertiary/aromatic N) is 1. The highest BCUT2D eigenvalue weighted by atomic mass is 19.1. The van der Waals surface area contributed by atoms with E-state index in [4.69, 9.17) is 4.74 Å². The molecule has 0 bridgehead atoms. The molecule has 3 atom stereocenters. The maximum absolute atomic E-state index is 14.1. The fraction of sp³-hybridized carbons (Fsp3) is 0.381. The third kappa shape index (κ3) is 3.41. The van der Waals surface area contributed by atoms with Crippen LogP contribution in [0.4, 0.5) is 8.78 Å². The van der Waals surface area contributed by atoms with Gasteiger partial charge in [0.15, 0.2) is 0 Å². The Morgan fingerprint density at radius 1 is 1.19 bits per heavy atom. The first-order valence-corrected chi connectivity index (χ1v) is 9.19. The molecule has 2 fully saturated rings. The van der Waals surface area contributed by atoms with Crippen LogP contribution < -0.4 is 10.1 Å². The van der Waals surface area contributed by atoms with Crippen molar-refractivity contribution in [3.63, 3.8) is 0 Å². The Kier molecular flexibility index (Phi) is 4.83. The molecule has 4 rings (SSSR count). The molecule has 4 nitrogen and oxygen atoms in total. The number of halogens is 2. The van der Waals surface area contributed by atoms with Crippen LogP contribution in [0.1, 0.15) is 29.5 Å². The number of hydrogen-bond acceptors (Lipinski definition) is 3. The van der Waals surface area contributed by atoms with Crippen LogP contribution in [0.15, 0.2) is 42.5 Å². The van der Waals surface area contributed by atoms with E-state index < -0.39 is 11.6 Å². The summed E-state index contributed by atoms with van der Waals surface area (Å²) in [6.45, 7) is 1.96. The molecule has 1 heterocycles. The molecule has 1 amide bonds. The minimum atomic E-state index is -0.599. The molecule has 1 aliphatic carbocycles. The highest BCUT2D eigenvalue weighted by molar-refractivity contribution is 5.83. The van der Waals surface area contributed by atoms with Crippen molar-refractivity contribution < 1.29 is 18.3 Å². The molecular weight excluding hydrogens is 350 g/mol. The second kappa shape index (κ2) is 7.27. The SMILES string of the molecule is COc1ccccc1C1CNCCN1C(=O)C1CC1c1ccc(F)cc1F. The molecule has 0 spiro atoms. The van der Waals surface area contributed by atoms with Gasteiger partial charge < -0.3 is 15.0 Å². The number of ether oxygens (including phenoxy) is 1. The zero-order valence-corrected chi connectivity index (χ0v) is 15.1. The highest BCUT2D eigenvalue weighted by Gasteiger charge is 2.48. The number of carbonyl (C=O) groups excluding carboxylic acids is 1. The molecule has 1 aliphatic heterocycles. The number of nitrogens with one attached hydrogen (secondary N) is 1. The first kappa shape index (κ1) is 17.9. The molecule has 2 aliphatic rings. The minimum Gasteiger partial charge on any atom is -0.496 e. The normalized spacial score (nSPS) is 24.6. The van der Waals surface area contributed by atoms with Gasteiger partial charge in [-0.05, 0) is 30.0 Å². The number of benzene rings is 2. The Bertz CT molecular complexity index is 858. The summed E-state index contributed by atoms with van der Waals surface area (Å²) in [4.78, 5) is 15.0. The van der Waals surface area contributed by atoms with Crippen molar-refractivity contribution in [2.45, 2.75) is 18.4 Å². The predicted octanol–water partition coefficient (Wildman–Crippen LogP) is 3.25. The van der Waals surface area contributed by atoms with E-state index in [1.807, 2.05) is 29.2 Å². The summed E-state index contributed by atoms with van der Waals surface area (Å²) in [5.41, 5.74) is 1.39. The number of methoxy groups -OCH3 is 1. The van der Waals surface area contributed by atoms with Gasteiger partial charge in [-0.25, -0.2) is 8.78 Å². The topological polar surface area (TPSA) is 41.6 Å². The molecular formula is C21H22F2N2O2. The quantitative estimate of drug-likeness (QED) is 0.896. The Morgan fingerprint density at radius 2 is 2.00 bits per heavy atom. The second-order valence-electron chi connectivity index (χ2n) is 7.11. The number of piperazine rings is 1. The average molecular weight is 372 g/mol. The summed E-state index contributed by atoms with van der Waals surface area (Å²) < 4.78 is 32.7. The second-order valence-corrected chi connectivity index (χ2v) is 7.11. The summed E-state index contributed by atoms with van der Waals surface area (Å²) in [5, 5.41) is 3.34. The molecule has 1 saturated heterocycles. The first-order chi connectivity index (χ1) is 13.1. The fourth-order valence-electron chi connectivity index (χ4n) is 4.01. The highest BCUT2D eigenvalue weighted by Crippen LogP contribution is 2.50. The molecule has 1 N–H and O–H groups in total. The van der Waals surface area contributed by atoms with Crippen LogP contribution in [0.3, 0.4) is 0 Å². The Hall–Kier alpha value is -2.47. The molecule has 0 radical (unpaired) electrons. The lowest BCUT2D eigenvalue weighted by molar-refractivity contribution is -0.136. The zero-order valence-electron chi connectivity index (χ0n) is 15.1. The summed E-state index contributed by atoms with van der Waals surface area (Å²) in [6.07, 6.45) is 0.601. The lowest BCUT2D eigenvalue weighted by Crippen LogP contribution is -2.49. The van der Waals surface area contributed by atoms with Crippen molar-refractivity contribution in [3.05, 3.63) is 65.2 Å². The molecule has 142 valence electrons. The standard InChI is InChI=1S/C21H22F2N2O2/c1-27-20-5-3-2-4-15(20)19-12-24-8-9-25(19)21(26)17-11-16(17)14-7-6-13(22)10-18(14)23/h2-7,10,16-17,19,24H,8-9,11-12H2,1H3. The van der Waals surface area contributed by atoms with Crippen LogP contribution in [-0.2, 0) is 4.79 Å². The van der Waals surface area contributed by atoms with E-state index in [1.54, 1.807) is 7.11 Å². The Balaban J connectivity index is 1.55. The number of para-hydroxylation sites is 1. The van der Waals surface area contributed by atoms with Gasteiger partial charge in [-0.2, -0.15) is 0 Å². The Labute approximate surface area is 157 Å². The van der Waals surface area contributed by atoms with Gasteiger partial charge in [0.1, 0.15) is 17.4 Å².